The minimum absolute atomic E-state index is 0.00471. The van der Waals surface area contributed by atoms with Gasteiger partial charge in [-0.2, -0.15) is 0 Å². The van der Waals surface area contributed by atoms with Crippen LogP contribution < -0.4 is 10.6 Å². The molecule has 1 aliphatic carbocycles. The van der Waals surface area contributed by atoms with Crippen molar-refractivity contribution >= 4 is 34.7 Å². The van der Waals surface area contributed by atoms with Crippen molar-refractivity contribution in [1.29, 1.82) is 0 Å². The Morgan fingerprint density at radius 1 is 1.06 bits per heavy atom. The van der Waals surface area contributed by atoms with E-state index in [0.29, 0.717) is 32.6 Å². The van der Waals surface area contributed by atoms with E-state index in [2.05, 4.69) is 20.9 Å². The Bertz CT molecular complexity index is 1400. The number of hydrogen-bond donors (Lipinski definition) is 2. The second-order valence-electron chi connectivity index (χ2n) is 9.18. The monoisotopic (exact) mass is 494 g/mol. The summed E-state index contributed by atoms with van der Waals surface area (Å²) in [5.41, 5.74) is 11.7. The van der Waals surface area contributed by atoms with Crippen LogP contribution in [0.3, 0.4) is 0 Å². The van der Waals surface area contributed by atoms with Crippen LogP contribution in [0.25, 0.3) is 16.9 Å². The first-order chi connectivity index (χ1) is 16.5. The van der Waals surface area contributed by atoms with Gasteiger partial charge in [0.2, 0.25) is 0 Å². The average Bonchev–Trinajstić information content (AvgIpc) is 3.41. The van der Waals surface area contributed by atoms with Crippen LogP contribution in [0.15, 0.2) is 48.9 Å². The fourth-order valence-electron chi connectivity index (χ4n) is 5.58. The third-order valence-corrected chi connectivity index (χ3v) is 8.30. The summed E-state index contributed by atoms with van der Waals surface area (Å²) in [6.07, 6.45) is 8.21. The number of benzene rings is 1. The number of hydrogen-bond acceptors (Lipinski definition) is 6. The van der Waals surface area contributed by atoms with Gasteiger partial charge in [0.05, 0.1) is 34.7 Å². The van der Waals surface area contributed by atoms with E-state index in [0.717, 1.165) is 43.9 Å². The second-order valence-corrected chi connectivity index (χ2v) is 9.96. The van der Waals surface area contributed by atoms with Gasteiger partial charge in [0, 0.05) is 36.6 Å². The predicted octanol–water partition coefficient (Wildman–Crippen LogP) is 4.43. The zero-order valence-corrected chi connectivity index (χ0v) is 20.0. The largest absolute Gasteiger partial charge is 0.390 e. The number of halogens is 2. The summed E-state index contributed by atoms with van der Waals surface area (Å²) in [7, 11) is 0. The molecule has 1 spiro atoms. The molecule has 1 aliphatic heterocycles. The van der Waals surface area contributed by atoms with Crippen molar-refractivity contribution < 1.29 is 5.11 Å². The van der Waals surface area contributed by atoms with E-state index in [1.165, 1.54) is 5.56 Å². The highest BCUT2D eigenvalue weighted by Gasteiger charge is 2.46. The van der Waals surface area contributed by atoms with E-state index >= 15 is 0 Å². The molecule has 2 aliphatic rings. The summed E-state index contributed by atoms with van der Waals surface area (Å²) in [6.45, 7) is 1.53. The summed E-state index contributed by atoms with van der Waals surface area (Å²) in [6, 6.07) is 9.55. The molecule has 4 aromatic rings. The van der Waals surface area contributed by atoms with Crippen LogP contribution in [0.5, 0.6) is 0 Å². The summed E-state index contributed by atoms with van der Waals surface area (Å²) >= 11 is 12.7. The zero-order valence-electron chi connectivity index (χ0n) is 18.5. The van der Waals surface area contributed by atoms with Crippen LogP contribution in [0.2, 0.25) is 10.0 Å². The van der Waals surface area contributed by atoms with E-state index in [1.807, 2.05) is 35.0 Å². The van der Waals surface area contributed by atoms with Gasteiger partial charge >= 0.3 is 0 Å². The highest BCUT2D eigenvalue weighted by Crippen LogP contribution is 2.50. The average molecular weight is 495 g/mol. The van der Waals surface area contributed by atoms with Crippen LogP contribution in [0.1, 0.15) is 35.8 Å². The molecule has 0 unspecified atom stereocenters. The van der Waals surface area contributed by atoms with E-state index in [9.17, 15) is 5.11 Å². The Labute approximate surface area is 207 Å². The lowest BCUT2D eigenvalue weighted by Gasteiger charge is -2.43. The molecular weight excluding hydrogens is 471 g/mol. The maximum Gasteiger partial charge on any atom is 0.165 e. The number of fused-ring (bicyclic) bond motifs is 2. The molecule has 1 aromatic carbocycles. The molecule has 9 heteroatoms. The first-order valence-corrected chi connectivity index (χ1v) is 12.1. The molecule has 1 saturated heterocycles. The van der Waals surface area contributed by atoms with Crippen LogP contribution >= 0.6 is 23.2 Å². The van der Waals surface area contributed by atoms with Gasteiger partial charge in [0.1, 0.15) is 11.5 Å². The molecule has 174 valence electrons. The number of nitrogens with zero attached hydrogens (tertiary/aromatic N) is 5. The molecule has 7 nitrogen and oxygen atoms in total. The summed E-state index contributed by atoms with van der Waals surface area (Å²) < 4.78 is 1.97. The third-order valence-electron chi connectivity index (χ3n) is 7.48. The van der Waals surface area contributed by atoms with Crippen molar-refractivity contribution in [1.82, 2.24) is 19.4 Å². The Hall–Kier alpha value is -2.71. The van der Waals surface area contributed by atoms with Gasteiger partial charge < -0.3 is 15.7 Å². The SMILES string of the molecule is N[C@@H]1c2cccnc2CC12CCN(c1cnc(-c3cccc(Cl)c3Cl)c3ncc(CO)n13)CC2. The molecule has 1 atom stereocenters. The summed E-state index contributed by atoms with van der Waals surface area (Å²) in [5.74, 6) is 0.899. The standard InChI is InChI=1S/C25H24Cl2N6O/c26-18-5-1-3-17(21(18)27)22-24-31-12-15(14-34)33(24)20(13-30-22)32-9-6-25(7-10-32)11-19-16(23(25)28)4-2-8-29-19/h1-5,8,12-13,23,34H,6-7,9-11,14,28H2/t23-/m1/s1. The Morgan fingerprint density at radius 2 is 1.88 bits per heavy atom. The first-order valence-electron chi connectivity index (χ1n) is 11.4. The minimum atomic E-state index is -0.134. The van der Waals surface area contributed by atoms with Gasteiger partial charge in [0.25, 0.3) is 0 Å². The van der Waals surface area contributed by atoms with E-state index in [-0.39, 0.29) is 18.1 Å². The number of aliphatic hydroxyl groups excluding tert-OH is 1. The van der Waals surface area contributed by atoms with Gasteiger partial charge in [-0.1, -0.05) is 41.4 Å². The van der Waals surface area contributed by atoms with Gasteiger partial charge in [-0.05, 0) is 42.4 Å². The Balaban J connectivity index is 1.36. The number of nitrogens with two attached hydrogens (primary N) is 1. The molecule has 1 fully saturated rings. The molecule has 3 aromatic heterocycles. The van der Waals surface area contributed by atoms with Crippen molar-refractivity contribution in [3.63, 3.8) is 0 Å². The van der Waals surface area contributed by atoms with Crippen molar-refractivity contribution in [2.24, 2.45) is 11.1 Å². The molecule has 0 radical (unpaired) electrons. The molecule has 0 amide bonds. The van der Waals surface area contributed by atoms with E-state index in [1.54, 1.807) is 12.3 Å². The smallest absolute Gasteiger partial charge is 0.165 e. The minimum Gasteiger partial charge on any atom is -0.390 e. The topological polar surface area (TPSA) is 92.6 Å². The number of pyridine rings is 1. The Kier molecular flexibility index (Phi) is 5.26. The van der Waals surface area contributed by atoms with Gasteiger partial charge in [-0.25, -0.2) is 9.97 Å². The van der Waals surface area contributed by atoms with Crippen molar-refractivity contribution in [3.05, 3.63) is 75.9 Å². The molecule has 0 saturated carbocycles. The molecule has 4 heterocycles. The van der Waals surface area contributed by atoms with Gasteiger partial charge in [0.15, 0.2) is 5.65 Å². The van der Waals surface area contributed by atoms with Crippen molar-refractivity contribution in [3.8, 4) is 11.3 Å². The highest BCUT2D eigenvalue weighted by molar-refractivity contribution is 6.43. The normalized spacial score (nSPS) is 19.2. The number of imidazole rings is 1. The molecular formula is C25H24Cl2N6O. The lowest BCUT2D eigenvalue weighted by Crippen LogP contribution is -2.45. The van der Waals surface area contributed by atoms with Gasteiger partial charge in [-0.15, -0.1) is 0 Å². The van der Waals surface area contributed by atoms with E-state index < -0.39 is 0 Å². The molecule has 0 bridgehead atoms. The van der Waals surface area contributed by atoms with Crippen LogP contribution in [-0.2, 0) is 13.0 Å². The van der Waals surface area contributed by atoms with Crippen molar-refractivity contribution in [2.75, 3.05) is 18.0 Å². The maximum atomic E-state index is 10.0. The fraction of sp³-hybridized carbons (Fsp3) is 0.320. The fourth-order valence-corrected chi connectivity index (χ4v) is 5.97. The van der Waals surface area contributed by atoms with Crippen molar-refractivity contribution in [2.45, 2.75) is 31.9 Å². The van der Waals surface area contributed by atoms with Crippen LogP contribution in [-0.4, -0.2) is 37.5 Å². The lowest BCUT2D eigenvalue weighted by molar-refractivity contribution is 0.186. The predicted molar refractivity (Wildman–Crippen MR) is 133 cm³/mol. The molecule has 3 N–H and O–H groups in total. The number of anilines is 1. The number of aromatic nitrogens is 4. The maximum absolute atomic E-state index is 10.0. The lowest BCUT2D eigenvalue weighted by atomic mass is 9.73. The summed E-state index contributed by atoms with van der Waals surface area (Å²) in [5, 5.41) is 10.9. The van der Waals surface area contributed by atoms with Gasteiger partial charge in [-0.3, -0.25) is 9.38 Å². The quantitative estimate of drug-likeness (QED) is 0.437. The summed E-state index contributed by atoms with van der Waals surface area (Å²) in [4.78, 5) is 16.2. The second kappa shape index (κ2) is 8.20. The van der Waals surface area contributed by atoms with E-state index in [4.69, 9.17) is 33.9 Å². The molecule has 34 heavy (non-hydrogen) atoms. The Morgan fingerprint density at radius 3 is 2.65 bits per heavy atom. The molecule has 6 rings (SSSR count). The third kappa shape index (κ3) is 3.22. The van der Waals surface area contributed by atoms with Crippen LogP contribution in [0, 0.1) is 5.41 Å². The highest BCUT2D eigenvalue weighted by atomic mass is 35.5. The number of aliphatic hydroxyl groups is 1. The first kappa shape index (κ1) is 21.8. The number of piperidine rings is 1. The number of rotatable bonds is 3. The van der Waals surface area contributed by atoms with Crippen LogP contribution in [0.4, 0.5) is 5.82 Å². The zero-order chi connectivity index (χ0) is 23.4.